The lowest BCUT2D eigenvalue weighted by Gasteiger charge is -2.16. The van der Waals surface area contributed by atoms with Gasteiger partial charge in [-0.25, -0.2) is 4.98 Å². The number of rotatable bonds is 3. The highest BCUT2D eigenvalue weighted by Crippen LogP contribution is 2.22. The third-order valence-corrected chi connectivity index (χ3v) is 3.54. The average molecular weight is 244 g/mol. The Bertz CT molecular complexity index is 577. The van der Waals surface area contributed by atoms with Gasteiger partial charge in [-0.15, -0.1) is 0 Å². The van der Waals surface area contributed by atoms with Crippen LogP contribution in [0.25, 0.3) is 11.0 Å². The second-order valence-corrected chi connectivity index (χ2v) is 4.79. The van der Waals surface area contributed by atoms with Crippen LogP contribution in [0.4, 0.5) is 0 Å². The molecule has 94 valence electrons. The zero-order valence-electron chi connectivity index (χ0n) is 10.1. The van der Waals surface area contributed by atoms with Gasteiger partial charge in [-0.2, -0.15) is 0 Å². The zero-order valence-corrected chi connectivity index (χ0v) is 10.1. The Labute approximate surface area is 105 Å². The Morgan fingerprint density at radius 3 is 3.17 bits per heavy atom. The number of pyridine rings is 1. The first-order valence-corrected chi connectivity index (χ1v) is 6.16. The van der Waals surface area contributed by atoms with E-state index in [2.05, 4.69) is 9.97 Å². The van der Waals surface area contributed by atoms with Gasteiger partial charge in [0.15, 0.2) is 0 Å². The summed E-state index contributed by atoms with van der Waals surface area (Å²) in [5, 5.41) is 1.08. The fraction of sp³-hybridized carbons (Fsp3) is 0.385. The molecule has 0 aromatic carbocycles. The molecule has 0 radical (unpaired) electrons. The van der Waals surface area contributed by atoms with Gasteiger partial charge >= 0.3 is 0 Å². The predicted molar refractivity (Wildman–Crippen MR) is 68.7 cm³/mol. The van der Waals surface area contributed by atoms with E-state index in [0.29, 0.717) is 25.4 Å². The molecule has 5 heteroatoms. The van der Waals surface area contributed by atoms with Crippen molar-refractivity contribution in [1.82, 2.24) is 14.9 Å². The summed E-state index contributed by atoms with van der Waals surface area (Å²) in [7, 11) is 0. The minimum atomic E-state index is 0.200. The van der Waals surface area contributed by atoms with Crippen LogP contribution in [0.2, 0.25) is 0 Å². The smallest absolute Gasteiger partial charge is 0.223 e. The number of aromatic nitrogens is 2. The number of nitrogens with zero attached hydrogens (tertiary/aromatic N) is 2. The number of carbonyl (C=O) groups is 1. The highest BCUT2D eigenvalue weighted by Gasteiger charge is 2.28. The highest BCUT2D eigenvalue weighted by molar-refractivity contribution is 5.81. The molecule has 0 spiro atoms. The SMILES string of the molecule is NCC1CC(=O)N(Cc2ccnc3[nH]ccc23)C1. The van der Waals surface area contributed by atoms with E-state index >= 15 is 0 Å². The largest absolute Gasteiger partial charge is 0.346 e. The van der Waals surface area contributed by atoms with Crippen molar-refractivity contribution < 1.29 is 4.79 Å². The number of hydrogen-bond acceptors (Lipinski definition) is 3. The second kappa shape index (κ2) is 4.42. The van der Waals surface area contributed by atoms with Crippen molar-refractivity contribution in [2.75, 3.05) is 13.1 Å². The number of amides is 1. The van der Waals surface area contributed by atoms with Crippen molar-refractivity contribution in [3.05, 3.63) is 30.1 Å². The third-order valence-electron chi connectivity index (χ3n) is 3.54. The summed E-state index contributed by atoms with van der Waals surface area (Å²) in [5.74, 6) is 0.506. The maximum absolute atomic E-state index is 11.9. The lowest BCUT2D eigenvalue weighted by molar-refractivity contribution is -0.128. The number of nitrogens with one attached hydrogen (secondary N) is 1. The van der Waals surface area contributed by atoms with Gasteiger partial charge in [0.2, 0.25) is 5.91 Å². The van der Waals surface area contributed by atoms with Gasteiger partial charge < -0.3 is 15.6 Å². The monoisotopic (exact) mass is 244 g/mol. The van der Waals surface area contributed by atoms with Crippen molar-refractivity contribution >= 4 is 16.9 Å². The molecule has 3 rings (SSSR count). The normalized spacial score (nSPS) is 19.9. The van der Waals surface area contributed by atoms with E-state index < -0.39 is 0 Å². The van der Waals surface area contributed by atoms with Gasteiger partial charge in [0.05, 0.1) is 0 Å². The molecule has 1 saturated heterocycles. The summed E-state index contributed by atoms with van der Waals surface area (Å²) in [5.41, 5.74) is 7.63. The number of H-pyrrole nitrogens is 1. The Morgan fingerprint density at radius 1 is 1.50 bits per heavy atom. The van der Waals surface area contributed by atoms with Crippen LogP contribution < -0.4 is 5.73 Å². The fourth-order valence-electron chi connectivity index (χ4n) is 2.53. The van der Waals surface area contributed by atoms with Crippen LogP contribution in [0.1, 0.15) is 12.0 Å². The van der Waals surface area contributed by atoms with E-state index in [9.17, 15) is 4.79 Å². The topological polar surface area (TPSA) is 75.0 Å². The molecule has 0 aliphatic carbocycles. The summed E-state index contributed by atoms with van der Waals surface area (Å²) in [4.78, 5) is 21.1. The summed E-state index contributed by atoms with van der Waals surface area (Å²) in [6.07, 6.45) is 4.22. The van der Waals surface area contributed by atoms with E-state index in [-0.39, 0.29) is 5.91 Å². The molecular weight excluding hydrogens is 228 g/mol. The Balaban J connectivity index is 1.84. The summed E-state index contributed by atoms with van der Waals surface area (Å²) in [6, 6.07) is 3.97. The number of hydrogen-bond donors (Lipinski definition) is 2. The van der Waals surface area contributed by atoms with E-state index in [1.807, 2.05) is 23.2 Å². The molecule has 2 aromatic heterocycles. The van der Waals surface area contributed by atoms with Crippen molar-refractivity contribution in [2.24, 2.45) is 11.7 Å². The molecule has 18 heavy (non-hydrogen) atoms. The molecule has 1 amide bonds. The summed E-state index contributed by atoms with van der Waals surface area (Å²) >= 11 is 0. The second-order valence-electron chi connectivity index (χ2n) is 4.79. The molecule has 0 saturated carbocycles. The molecule has 1 aliphatic rings. The molecule has 2 aromatic rings. The number of carbonyl (C=O) groups excluding carboxylic acids is 1. The van der Waals surface area contributed by atoms with Gasteiger partial charge in [0.25, 0.3) is 0 Å². The number of likely N-dealkylation sites (tertiary alicyclic amines) is 1. The van der Waals surface area contributed by atoms with E-state index in [0.717, 1.165) is 23.1 Å². The van der Waals surface area contributed by atoms with E-state index in [1.165, 1.54) is 0 Å². The lowest BCUT2D eigenvalue weighted by Crippen LogP contribution is -2.25. The van der Waals surface area contributed by atoms with Crippen LogP contribution in [0.5, 0.6) is 0 Å². The van der Waals surface area contributed by atoms with Gasteiger partial charge in [-0.3, -0.25) is 4.79 Å². The minimum absolute atomic E-state index is 0.200. The predicted octanol–water partition coefficient (Wildman–Crippen LogP) is 0.870. The standard InChI is InChI=1S/C13H16N4O/c14-6-9-5-12(18)17(7-9)8-10-1-3-15-13-11(10)2-4-16-13/h1-4,9H,5-8,14H2,(H,15,16). The van der Waals surface area contributed by atoms with Gasteiger partial charge in [0.1, 0.15) is 5.65 Å². The highest BCUT2D eigenvalue weighted by atomic mass is 16.2. The first kappa shape index (κ1) is 11.2. The molecule has 0 bridgehead atoms. The van der Waals surface area contributed by atoms with Crippen LogP contribution in [-0.2, 0) is 11.3 Å². The van der Waals surface area contributed by atoms with Crippen LogP contribution in [0, 0.1) is 5.92 Å². The third kappa shape index (κ3) is 1.86. The van der Waals surface area contributed by atoms with Gasteiger partial charge in [-0.05, 0) is 30.2 Å². The molecule has 3 N–H and O–H groups in total. The molecule has 5 nitrogen and oxygen atoms in total. The Kier molecular flexibility index (Phi) is 2.76. The minimum Gasteiger partial charge on any atom is -0.346 e. The molecular formula is C13H16N4O. The maximum atomic E-state index is 11.9. The number of fused-ring (bicyclic) bond motifs is 1. The quantitative estimate of drug-likeness (QED) is 0.841. The first-order chi connectivity index (χ1) is 8.78. The van der Waals surface area contributed by atoms with Gasteiger partial charge in [0, 0.05) is 37.3 Å². The first-order valence-electron chi connectivity index (χ1n) is 6.16. The van der Waals surface area contributed by atoms with Gasteiger partial charge in [-0.1, -0.05) is 0 Å². The number of nitrogens with two attached hydrogens (primary N) is 1. The van der Waals surface area contributed by atoms with E-state index in [1.54, 1.807) is 6.20 Å². The van der Waals surface area contributed by atoms with Crippen LogP contribution in [-0.4, -0.2) is 33.9 Å². The lowest BCUT2D eigenvalue weighted by atomic mass is 10.1. The van der Waals surface area contributed by atoms with Crippen molar-refractivity contribution in [3.8, 4) is 0 Å². The molecule has 1 unspecified atom stereocenters. The Morgan fingerprint density at radius 2 is 2.39 bits per heavy atom. The molecule has 3 heterocycles. The van der Waals surface area contributed by atoms with Crippen molar-refractivity contribution in [2.45, 2.75) is 13.0 Å². The summed E-state index contributed by atoms with van der Waals surface area (Å²) < 4.78 is 0. The number of aromatic amines is 1. The summed E-state index contributed by atoms with van der Waals surface area (Å²) in [6.45, 7) is 1.99. The van der Waals surface area contributed by atoms with Crippen LogP contribution in [0.3, 0.4) is 0 Å². The van der Waals surface area contributed by atoms with E-state index in [4.69, 9.17) is 5.73 Å². The van der Waals surface area contributed by atoms with Crippen molar-refractivity contribution in [3.63, 3.8) is 0 Å². The molecule has 1 aliphatic heterocycles. The van der Waals surface area contributed by atoms with Crippen LogP contribution >= 0.6 is 0 Å². The van der Waals surface area contributed by atoms with Crippen molar-refractivity contribution in [1.29, 1.82) is 0 Å². The average Bonchev–Trinajstić information content (AvgIpc) is 2.97. The Hall–Kier alpha value is -1.88. The fourth-order valence-corrected chi connectivity index (χ4v) is 2.53. The molecule has 1 fully saturated rings. The van der Waals surface area contributed by atoms with Crippen LogP contribution in [0.15, 0.2) is 24.5 Å². The maximum Gasteiger partial charge on any atom is 0.223 e. The molecule has 1 atom stereocenters. The zero-order chi connectivity index (χ0) is 12.5.